The molecule has 0 aromatic carbocycles. The Morgan fingerprint density at radius 2 is 1.67 bits per heavy atom. The molecule has 0 unspecified atom stereocenters. The van der Waals surface area contributed by atoms with Crippen LogP contribution in [-0.2, 0) is 43.0 Å². The number of carbonyl (C=O) groups is 7. The first kappa shape index (κ1) is 32.3. The minimum Gasteiger partial charge on any atom is -0.481 e. The lowest BCUT2D eigenvalue weighted by Gasteiger charge is -2.59. The van der Waals surface area contributed by atoms with E-state index in [1.165, 1.54) is 12.5 Å². The molecule has 0 aromatic heterocycles. The summed E-state index contributed by atoms with van der Waals surface area (Å²) in [5.74, 6) is -4.80. The number of hydrogen-bond donors (Lipinski definition) is 3. The fraction of sp³-hybridized carbons (Fsp3) is 0.710. The molecule has 0 heterocycles. The van der Waals surface area contributed by atoms with Gasteiger partial charge in [0.2, 0.25) is 11.7 Å². The van der Waals surface area contributed by atoms with E-state index in [1.54, 1.807) is 0 Å². The maximum absolute atomic E-state index is 13.8. The molecule has 1 amide bonds. The molecule has 3 saturated carbocycles. The molecule has 0 saturated heterocycles. The molecular formula is C31H41NO11. The third-order valence-electron chi connectivity index (χ3n) is 10.8. The Kier molecular flexibility index (Phi) is 9.18. The van der Waals surface area contributed by atoms with Crippen molar-refractivity contribution in [3.63, 3.8) is 0 Å². The number of Topliss-reactive ketones (excluding diaryl/α,β-unsaturated/α-hetero) is 1. The smallest absolute Gasteiger partial charge is 0.326 e. The number of esters is 2. The molecular weight excluding hydrogens is 562 g/mol. The first-order valence-electron chi connectivity index (χ1n) is 15.0. The fourth-order valence-corrected chi connectivity index (χ4v) is 8.68. The Morgan fingerprint density at radius 3 is 2.33 bits per heavy atom. The second-order valence-electron chi connectivity index (χ2n) is 13.0. The summed E-state index contributed by atoms with van der Waals surface area (Å²) in [6.07, 6.45) is 5.65. The number of carboxylic acids is 2. The fourth-order valence-electron chi connectivity index (χ4n) is 8.68. The van der Waals surface area contributed by atoms with Crippen LogP contribution in [0.25, 0.3) is 0 Å². The van der Waals surface area contributed by atoms with Crippen molar-refractivity contribution in [2.75, 3.05) is 6.61 Å². The van der Waals surface area contributed by atoms with Crippen LogP contribution in [0.15, 0.2) is 11.6 Å². The Balaban J connectivity index is 1.42. The topological polar surface area (TPSA) is 190 Å². The number of fused-ring (bicyclic) bond motifs is 5. The summed E-state index contributed by atoms with van der Waals surface area (Å²) in [5.41, 5.74) is -0.956. The van der Waals surface area contributed by atoms with E-state index in [-0.39, 0.29) is 17.1 Å². The molecule has 0 radical (unpaired) electrons. The van der Waals surface area contributed by atoms with Gasteiger partial charge in [-0.05, 0) is 74.2 Å². The van der Waals surface area contributed by atoms with Crippen molar-refractivity contribution in [3.8, 4) is 0 Å². The Bertz CT molecular complexity index is 1260. The molecule has 3 fully saturated rings. The van der Waals surface area contributed by atoms with E-state index >= 15 is 0 Å². The lowest BCUT2D eigenvalue weighted by atomic mass is 9.46. The van der Waals surface area contributed by atoms with Gasteiger partial charge in [0.05, 0.1) is 12.8 Å². The third kappa shape index (κ3) is 6.10. The van der Waals surface area contributed by atoms with Crippen molar-refractivity contribution in [2.45, 2.75) is 103 Å². The molecule has 4 rings (SSSR count). The zero-order valence-corrected chi connectivity index (χ0v) is 24.9. The van der Waals surface area contributed by atoms with Gasteiger partial charge in [-0.2, -0.15) is 0 Å². The van der Waals surface area contributed by atoms with E-state index in [4.69, 9.17) is 19.7 Å². The molecule has 236 valence electrons. The number of carboxylic acid groups (broad SMARTS) is 2. The highest BCUT2D eigenvalue weighted by Crippen LogP contribution is 2.68. The number of hydrogen-bond acceptors (Lipinski definition) is 9. The quantitative estimate of drug-likeness (QED) is 0.294. The number of amides is 1. The summed E-state index contributed by atoms with van der Waals surface area (Å²) in [6.45, 7) is 4.88. The van der Waals surface area contributed by atoms with Crippen molar-refractivity contribution in [2.24, 2.45) is 28.6 Å². The molecule has 4 aliphatic rings. The second kappa shape index (κ2) is 12.2. The minimum absolute atomic E-state index is 0.0607. The molecule has 12 nitrogen and oxygen atoms in total. The predicted molar refractivity (Wildman–Crippen MR) is 148 cm³/mol. The predicted octanol–water partition coefficient (Wildman–Crippen LogP) is 2.76. The number of ketones is 2. The van der Waals surface area contributed by atoms with E-state index in [0.717, 1.165) is 25.7 Å². The monoisotopic (exact) mass is 603 g/mol. The lowest BCUT2D eigenvalue weighted by molar-refractivity contribution is -0.191. The van der Waals surface area contributed by atoms with Crippen LogP contribution in [-0.4, -0.2) is 69.8 Å². The minimum atomic E-state index is -1.65. The molecule has 43 heavy (non-hydrogen) atoms. The van der Waals surface area contributed by atoms with Crippen LogP contribution in [0.2, 0.25) is 0 Å². The van der Waals surface area contributed by atoms with Crippen LogP contribution in [0.1, 0.15) is 91.4 Å². The highest BCUT2D eigenvalue weighted by Gasteiger charge is 2.68. The van der Waals surface area contributed by atoms with Crippen LogP contribution in [0.5, 0.6) is 0 Å². The van der Waals surface area contributed by atoms with Gasteiger partial charge in [0.25, 0.3) is 0 Å². The average Bonchev–Trinajstić information content (AvgIpc) is 3.22. The third-order valence-corrected chi connectivity index (χ3v) is 10.8. The maximum atomic E-state index is 13.8. The van der Waals surface area contributed by atoms with E-state index in [9.17, 15) is 33.6 Å². The lowest BCUT2D eigenvalue weighted by Crippen LogP contribution is -2.59. The summed E-state index contributed by atoms with van der Waals surface area (Å²) in [7, 11) is 0. The Morgan fingerprint density at radius 1 is 0.977 bits per heavy atom. The van der Waals surface area contributed by atoms with Gasteiger partial charge in [0, 0.05) is 25.2 Å². The number of aliphatic carboxylic acids is 2. The summed E-state index contributed by atoms with van der Waals surface area (Å²) >= 11 is 0. The molecule has 0 bridgehead atoms. The Labute approximate surface area is 249 Å². The zero-order valence-electron chi connectivity index (χ0n) is 24.9. The highest BCUT2D eigenvalue weighted by molar-refractivity contribution is 5.94. The van der Waals surface area contributed by atoms with Crippen molar-refractivity contribution >= 4 is 41.4 Å². The molecule has 0 aliphatic heterocycles. The van der Waals surface area contributed by atoms with Crippen LogP contribution >= 0.6 is 0 Å². The normalized spacial score (nSPS) is 33.5. The molecule has 3 N–H and O–H groups in total. The van der Waals surface area contributed by atoms with E-state index in [0.29, 0.717) is 37.5 Å². The van der Waals surface area contributed by atoms with E-state index in [1.807, 2.05) is 18.3 Å². The number of ether oxygens (including phenoxy) is 2. The number of nitrogens with one attached hydrogen (secondary N) is 1. The Hall–Kier alpha value is -3.57. The van der Waals surface area contributed by atoms with Crippen LogP contribution in [0.4, 0.5) is 0 Å². The summed E-state index contributed by atoms with van der Waals surface area (Å²) in [4.78, 5) is 84.8. The molecule has 12 heteroatoms. The maximum Gasteiger partial charge on any atom is 0.326 e. The second-order valence-corrected chi connectivity index (χ2v) is 13.0. The standard InChI is InChI=1S/C31H41NO11/c1-17(33)43-31(24(35)16-42-27(39)7-6-25(36)32-23(28(40)41)15-26(37)38)13-10-22-20-5-4-18-14-19(34)8-11-29(18,2)21(20)9-12-30(22,31)3/h14,20-23H,4-13,15-16H2,1-3H3,(H,32,36)(H,37,38)(H,40,41)/t20-,21+,22+,23+,29+,30+,31+/m1/s1. The van der Waals surface area contributed by atoms with Crippen LogP contribution < -0.4 is 5.32 Å². The van der Waals surface area contributed by atoms with Crippen molar-refractivity contribution in [3.05, 3.63) is 11.6 Å². The summed E-state index contributed by atoms with van der Waals surface area (Å²) < 4.78 is 11.1. The highest BCUT2D eigenvalue weighted by atomic mass is 16.6. The van der Waals surface area contributed by atoms with E-state index < -0.39 is 78.5 Å². The number of rotatable bonds is 11. The average molecular weight is 604 g/mol. The first-order chi connectivity index (χ1) is 20.1. The molecule has 7 atom stereocenters. The van der Waals surface area contributed by atoms with Crippen molar-refractivity contribution in [1.82, 2.24) is 5.32 Å². The first-order valence-corrected chi connectivity index (χ1v) is 15.0. The van der Waals surface area contributed by atoms with Gasteiger partial charge in [-0.25, -0.2) is 4.79 Å². The van der Waals surface area contributed by atoms with Gasteiger partial charge in [-0.3, -0.25) is 28.8 Å². The van der Waals surface area contributed by atoms with Gasteiger partial charge in [-0.1, -0.05) is 19.4 Å². The van der Waals surface area contributed by atoms with Gasteiger partial charge >= 0.3 is 23.9 Å². The SMILES string of the molecule is CC(=O)O[C@]1(C(=O)COC(=O)CCC(=O)N[C@@H](CC(=O)O)C(=O)O)CC[C@H]2[C@@H]3CCC4=CC(=O)CC[C@]4(C)[C@H]3CC[C@@]21C. The van der Waals surface area contributed by atoms with Gasteiger partial charge < -0.3 is 25.0 Å². The summed E-state index contributed by atoms with van der Waals surface area (Å²) in [6, 6.07) is -1.65. The van der Waals surface area contributed by atoms with Crippen molar-refractivity contribution < 1.29 is 53.2 Å². The molecule has 4 aliphatic carbocycles. The van der Waals surface area contributed by atoms with Gasteiger partial charge in [0.1, 0.15) is 6.04 Å². The van der Waals surface area contributed by atoms with Gasteiger partial charge in [0.15, 0.2) is 18.0 Å². The van der Waals surface area contributed by atoms with E-state index in [2.05, 4.69) is 6.92 Å². The van der Waals surface area contributed by atoms with Crippen molar-refractivity contribution in [1.29, 1.82) is 0 Å². The van der Waals surface area contributed by atoms with Gasteiger partial charge in [-0.15, -0.1) is 0 Å². The van der Waals surface area contributed by atoms with Crippen LogP contribution in [0, 0.1) is 28.6 Å². The zero-order chi connectivity index (χ0) is 31.7. The number of carbonyl (C=O) groups excluding carboxylic acids is 5. The largest absolute Gasteiger partial charge is 0.481 e. The number of allylic oxidation sites excluding steroid dienone is 1. The molecule has 0 spiro atoms. The van der Waals surface area contributed by atoms with Crippen LogP contribution in [0.3, 0.4) is 0 Å². The summed E-state index contributed by atoms with van der Waals surface area (Å²) in [5, 5.41) is 19.9. The molecule has 0 aromatic rings.